The van der Waals surface area contributed by atoms with Crippen molar-refractivity contribution in [3.63, 3.8) is 0 Å². The number of rotatable bonds is 16. The number of hydrogen-bond donors (Lipinski definition) is 1. The lowest BCUT2D eigenvalue weighted by Gasteiger charge is -2.26. The van der Waals surface area contributed by atoms with Gasteiger partial charge in [-0.15, -0.1) is 0 Å². The molecule has 1 aliphatic carbocycles. The highest BCUT2D eigenvalue weighted by Crippen LogP contribution is 2.32. The van der Waals surface area contributed by atoms with Crippen LogP contribution in [0.1, 0.15) is 92.6 Å². The highest BCUT2D eigenvalue weighted by molar-refractivity contribution is 7.98. The molecule has 6 heteroatoms. The van der Waals surface area contributed by atoms with Crippen LogP contribution in [0.25, 0.3) is 11.1 Å². The van der Waals surface area contributed by atoms with E-state index in [4.69, 9.17) is 9.47 Å². The molecule has 0 unspecified atom stereocenters. The van der Waals surface area contributed by atoms with Gasteiger partial charge in [-0.05, 0) is 84.4 Å². The number of methoxy groups -OCH3 is 1. The predicted octanol–water partition coefficient (Wildman–Crippen LogP) is 7.98. The summed E-state index contributed by atoms with van der Waals surface area (Å²) in [5.41, 5.74) is 4.55. The first-order valence-electron chi connectivity index (χ1n) is 15.1. The summed E-state index contributed by atoms with van der Waals surface area (Å²) in [5.74, 6) is 1.53. The highest BCUT2D eigenvalue weighted by atomic mass is 32.2. The monoisotopic (exact) mass is 567 g/mol. The molecule has 3 rings (SSSR count). The van der Waals surface area contributed by atoms with Gasteiger partial charge in [-0.2, -0.15) is 11.8 Å². The lowest BCUT2D eigenvalue weighted by molar-refractivity contribution is -0.142. The van der Waals surface area contributed by atoms with Gasteiger partial charge in [0.15, 0.2) is 0 Å². The molecule has 1 N–H and O–H groups in total. The van der Waals surface area contributed by atoms with Crippen molar-refractivity contribution in [1.82, 2.24) is 5.32 Å². The average Bonchev–Trinajstić information content (AvgIpc) is 2.98. The van der Waals surface area contributed by atoms with E-state index in [0.717, 1.165) is 40.5 Å². The van der Waals surface area contributed by atoms with Gasteiger partial charge in [0.25, 0.3) is 5.91 Å². The topological polar surface area (TPSA) is 64.6 Å². The van der Waals surface area contributed by atoms with Crippen molar-refractivity contribution in [3.05, 3.63) is 59.2 Å². The molecule has 0 heterocycles. The van der Waals surface area contributed by atoms with Gasteiger partial charge in [0.1, 0.15) is 6.04 Å². The van der Waals surface area contributed by atoms with Crippen LogP contribution in [-0.4, -0.2) is 43.6 Å². The van der Waals surface area contributed by atoms with Crippen LogP contribution in [0, 0.1) is 18.8 Å². The molecule has 2 aromatic carbocycles. The summed E-state index contributed by atoms with van der Waals surface area (Å²) < 4.78 is 11.3. The minimum absolute atomic E-state index is 0.269. The molecule has 1 aliphatic rings. The Balaban J connectivity index is 1.76. The molecule has 0 saturated heterocycles. The number of ether oxygens (including phenoxy) is 2. The van der Waals surface area contributed by atoms with Crippen molar-refractivity contribution < 1.29 is 19.1 Å². The largest absolute Gasteiger partial charge is 0.467 e. The van der Waals surface area contributed by atoms with Crippen LogP contribution in [0.15, 0.2) is 42.5 Å². The maximum atomic E-state index is 13.5. The number of benzene rings is 2. The number of hydrogen-bond acceptors (Lipinski definition) is 5. The van der Waals surface area contributed by atoms with Crippen molar-refractivity contribution in [2.75, 3.05) is 25.7 Å². The van der Waals surface area contributed by atoms with Gasteiger partial charge in [-0.1, -0.05) is 82.2 Å². The predicted molar refractivity (Wildman–Crippen MR) is 167 cm³/mol. The highest BCUT2D eigenvalue weighted by Gasteiger charge is 2.24. The van der Waals surface area contributed by atoms with E-state index in [1.165, 1.54) is 64.9 Å². The average molecular weight is 568 g/mol. The first-order valence-corrected chi connectivity index (χ1v) is 16.5. The molecule has 0 spiro atoms. The van der Waals surface area contributed by atoms with Crippen LogP contribution in [0.4, 0.5) is 0 Å². The van der Waals surface area contributed by atoms with Gasteiger partial charge in [0.2, 0.25) is 0 Å². The third-order valence-electron chi connectivity index (χ3n) is 8.15. The molecule has 2 aromatic rings. The second-order valence-corrected chi connectivity index (χ2v) is 12.3. The molecule has 220 valence electrons. The Labute approximate surface area is 246 Å². The number of aryl methyl sites for hydroxylation is 1. The van der Waals surface area contributed by atoms with E-state index in [1.54, 1.807) is 11.8 Å². The van der Waals surface area contributed by atoms with Crippen LogP contribution < -0.4 is 5.32 Å². The molecular weight excluding hydrogens is 518 g/mol. The lowest BCUT2D eigenvalue weighted by atomic mass is 9.81. The molecule has 5 nitrogen and oxygen atoms in total. The summed E-state index contributed by atoms with van der Waals surface area (Å²) in [4.78, 5) is 25.8. The quantitative estimate of drug-likeness (QED) is 0.208. The molecule has 0 aromatic heterocycles. The molecule has 0 radical (unpaired) electrons. The number of carbonyl (C=O) groups excluding carboxylic acids is 2. The van der Waals surface area contributed by atoms with Crippen LogP contribution in [0.3, 0.4) is 0 Å². The van der Waals surface area contributed by atoms with Crippen LogP contribution in [0.2, 0.25) is 0 Å². The number of nitrogens with one attached hydrogen (secondary N) is 1. The minimum Gasteiger partial charge on any atom is -0.467 e. The number of amides is 1. The SMILES string of the molecule is CCCC[C@@H](COCc1ccc(C(=O)N[C@@H](CCSC)C(=O)OC)c(-c2ccccc2C)c1)CC1CCCCC1. The van der Waals surface area contributed by atoms with E-state index in [9.17, 15) is 9.59 Å². The second-order valence-electron chi connectivity index (χ2n) is 11.3. The van der Waals surface area contributed by atoms with E-state index in [-0.39, 0.29) is 5.91 Å². The lowest BCUT2D eigenvalue weighted by Crippen LogP contribution is -2.42. The van der Waals surface area contributed by atoms with Crippen molar-refractivity contribution in [2.24, 2.45) is 11.8 Å². The number of carbonyl (C=O) groups is 2. The van der Waals surface area contributed by atoms with Crippen molar-refractivity contribution in [3.8, 4) is 11.1 Å². The molecule has 40 heavy (non-hydrogen) atoms. The fourth-order valence-corrected chi connectivity index (χ4v) is 6.31. The van der Waals surface area contributed by atoms with Crippen molar-refractivity contribution >= 4 is 23.6 Å². The Morgan fingerprint density at radius 1 is 1.05 bits per heavy atom. The van der Waals surface area contributed by atoms with E-state index < -0.39 is 12.0 Å². The summed E-state index contributed by atoms with van der Waals surface area (Å²) in [5, 5.41) is 2.93. The van der Waals surface area contributed by atoms with Gasteiger partial charge in [0, 0.05) is 12.2 Å². The normalized spacial score (nSPS) is 15.4. The standard InChI is InChI=1S/C34H49NO4S/c1-5-6-13-27(21-26-14-8-7-9-15-26)23-39-24-28-17-18-30(31(22-28)29-16-11-10-12-25(29)2)33(36)35-32(19-20-40-4)34(37)38-3/h10-12,16-18,22,26-27,32H,5-9,13-15,19-21,23-24H2,1-4H3,(H,35,36)/t27-,32+/m1/s1. The van der Waals surface area contributed by atoms with Crippen LogP contribution >= 0.6 is 11.8 Å². The maximum Gasteiger partial charge on any atom is 0.328 e. The fourth-order valence-electron chi connectivity index (χ4n) is 5.84. The molecule has 1 saturated carbocycles. The van der Waals surface area contributed by atoms with Gasteiger partial charge in [-0.3, -0.25) is 4.79 Å². The summed E-state index contributed by atoms with van der Waals surface area (Å²) in [6, 6.07) is 13.3. The van der Waals surface area contributed by atoms with Gasteiger partial charge in [-0.25, -0.2) is 4.79 Å². The maximum absolute atomic E-state index is 13.5. The Kier molecular flexibility index (Phi) is 14.1. The van der Waals surface area contributed by atoms with Crippen LogP contribution in [-0.2, 0) is 20.9 Å². The minimum atomic E-state index is -0.679. The van der Waals surface area contributed by atoms with Crippen molar-refractivity contribution in [1.29, 1.82) is 0 Å². The Hall–Kier alpha value is -2.31. The van der Waals surface area contributed by atoms with E-state index in [1.807, 2.05) is 36.6 Å². The van der Waals surface area contributed by atoms with Gasteiger partial charge < -0.3 is 14.8 Å². The zero-order valence-electron chi connectivity index (χ0n) is 25.0. The van der Waals surface area contributed by atoms with E-state index >= 15 is 0 Å². The first-order chi connectivity index (χ1) is 19.5. The molecule has 1 fully saturated rings. The second kappa shape index (κ2) is 17.5. The van der Waals surface area contributed by atoms with Gasteiger partial charge in [0.05, 0.1) is 13.7 Å². The van der Waals surface area contributed by atoms with Crippen molar-refractivity contribution in [2.45, 2.75) is 90.7 Å². The summed E-state index contributed by atoms with van der Waals surface area (Å²) in [7, 11) is 1.36. The number of esters is 1. The zero-order chi connectivity index (χ0) is 28.7. The Bertz CT molecular complexity index is 1070. The Morgan fingerprint density at radius 3 is 2.52 bits per heavy atom. The number of thioether (sulfide) groups is 1. The molecular formula is C34H49NO4S. The zero-order valence-corrected chi connectivity index (χ0v) is 25.8. The van der Waals surface area contributed by atoms with E-state index in [0.29, 0.717) is 24.5 Å². The third-order valence-corrected chi connectivity index (χ3v) is 8.79. The molecule has 0 bridgehead atoms. The third kappa shape index (κ3) is 9.95. The fraction of sp³-hybridized carbons (Fsp3) is 0.588. The smallest absolute Gasteiger partial charge is 0.328 e. The summed E-state index contributed by atoms with van der Waals surface area (Å²) in [6.45, 7) is 5.63. The molecule has 2 atom stereocenters. The van der Waals surface area contributed by atoms with Gasteiger partial charge >= 0.3 is 5.97 Å². The van der Waals surface area contributed by atoms with Crippen LogP contribution in [0.5, 0.6) is 0 Å². The van der Waals surface area contributed by atoms with E-state index in [2.05, 4.69) is 31.3 Å². The Morgan fingerprint density at radius 2 is 1.82 bits per heavy atom. The summed E-state index contributed by atoms with van der Waals surface area (Å²) >= 11 is 1.63. The molecule has 0 aliphatic heterocycles. The number of unbranched alkanes of at least 4 members (excludes halogenated alkanes) is 1. The summed E-state index contributed by atoms with van der Waals surface area (Å²) in [6.07, 6.45) is 14.4. The molecule has 1 amide bonds. The first kappa shape index (κ1) is 32.2.